The van der Waals surface area contributed by atoms with Crippen molar-refractivity contribution >= 4 is 17.7 Å². The topological polar surface area (TPSA) is 98.7 Å². The lowest BCUT2D eigenvalue weighted by Crippen LogP contribution is -2.48. The first-order valence-corrected chi connectivity index (χ1v) is 12.1. The van der Waals surface area contributed by atoms with Crippen molar-refractivity contribution in [2.24, 2.45) is 17.3 Å². The van der Waals surface area contributed by atoms with Crippen molar-refractivity contribution in [3.8, 4) is 0 Å². The van der Waals surface area contributed by atoms with Crippen molar-refractivity contribution in [3.63, 3.8) is 0 Å². The molecule has 0 aromatic heterocycles. The van der Waals surface area contributed by atoms with Crippen molar-refractivity contribution in [3.05, 3.63) is 71.5 Å². The Labute approximate surface area is 205 Å². The maximum atomic E-state index is 13.7. The smallest absolute Gasteiger partial charge is 0.251 e. The predicted octanol–water partition coefficient (Wildman–Crippen LogP) is 3.57. The summed E-state index contributed by atoms with van der Waals surface area (Å²) in [5, 5.41) is 12.2. The third-order valence-electron chi connectivity index (χ3n) is 6.73. The summed E-state index contributed by atoms with van der Waals surface area (Å²) >= 11 is 0. The molecule has 1 fully saturated rings. The second-order valence-electron chi connectivity index (χ2n) is 9.62. The molecule has 0 bridgehead atoms. The summed E-state index contributed by atoms with van der Waals surface area (Å²) in [6.45, 7) is 5.18. The highest BCUT2D eigenvalue weighted by Crippen LogP contribution is 2.46. The van der Waals surface area contributed by atoms with Gasteiger partial charge in [-0.2, -0.15) is 0 Å². The monoisotopic (exact) mass is 483 g/mol. The Bertz CT molecular complexity index is 1030. The number of halogens is 1. The van der Waals surface area contributed by atoms with Crippen molar-refractivity contribution < 1.29 is 24.0 Å². The average molecular weight is 484 g/mol. The Morgan fingerprint density at radius 3 is 2.54 bits per heavy atom. The van der Waals surface area contributed by atoms with E-state index < -0.39 is 29.0 Å². The number of amides is 3. The molecule has 1 aliphatic rings. The standard InChI is InChI=1S/C27H34FN3O4/c1-19(2)18-27(13-16-31(26(27)34)15-12-20-7-4-3-5-8-20)23(25(33)30-35)11-14-29-24(32)21-9-6-10-22(28)17-21/h3-10,17,19,23,35H,11-16,18H2,1-2H3,(H,29,32)(H,30,33). The van der Waals surface area contributed by atoms with Crippen LogP contribution in [0.4, 0.5) is 4.39 Å². The molecule has 2 unspecified atom stereocenters. The number of hydroxylamine groups is 1. The highest BCUT2D eigenvalue weighted by atomic mass is 19.1. The van der Waals surface area contributed by atoms with Gasteiger partial charge in [-0.1, -0.05) is 50.2 Å². The molecule has 0 saturated carbocycles. The molecule has 1 aliphatic heterocycles. The second kappa shape index (κ2) is 11.9. The van der Waals surface area contributed by atoms with Crippen molar-refractivity contribution in [2.75, 3.05) is 19.6 Å². The number of likely N-dealkylation sites (tertiary alicyclic amines) is 1. The molecule has 3 rings (SSSR count). The normalized spacial score (nSPS) is 18.5. The van der Waals surface area contributed by atoms with Gasteiger partial charge in [-0.15, -0.1) is 0 Å². The number of benzene rings is 2. The number of rotatable bonds is 11. The van der Waals surface area contributed by atoms with E-state index in [2.05, 4.69) is 5.32 Å². The zero-order valence-electron chi connectivity index (χ0n) is 20.3. The molecule has 2 aromatic rings. The van der Waals surface area contributed by atoms with Gasteiger partial charge in [0.15, 0.2) is 0 Å². The lowest BCUT2D eigenvalue weighted by Gasteiger charge is -2.36. The summed E-state index contributed by atoms with van der Waals surface area (Å²) in [5.74, 6) is -2.39. The third-order valence-corrected chi connectivity index (χ3v) is 6.73. The van der Waals surface area contributed by atoms with Crippen LogP contribution in [-0.2, 0) is 16.0 Å². The number of carbonyl (C=O) groups excluding carboxylic acids is 3. The van der Waals surface area contributed by atoms with Gasteiger partial charge in [0.1, 0.15) is 5.82 Å². The van der Waals surface area contributed by atoms with E-state index in [4.69, 9.17) is 0 Å². The van der Waals surface area contributed by atoms with Crippen LogP contribution >= 0.6 is 0 Å². The van der Waals surface area contributed by atoms with E-state index in [0.29, 0.717) is 32.4 Å². The van der Waals surface area contributed by atoms with E-state index >= 15 is 0 Å². The molecule has 8 heteroatoms. The molecule has 3 amide bonds. The third kappa shape index (κ3) is 6.45. The van der Waals surface area contributed by atoms with Crippen molar-refractivity contribution in [1.82, 2.24) is 15.7 Å². The van der Waals surface area contributed by atoms with Gasteiger partial charge in [-0.3, -0.25) is 19.6 Å². The van der Waals surface area contributed by atoms with Crippen LogP contribution in [0.3, 0.4) is 0 Å². The summed E-state index contributed by atoms with van der Waals surface area (Å²) in [6, 6.07) is 15.3. The van der Waals surface area contributed by atoms with Crippen molar-refractivity contribution in [2.45, 2.75) is 39.5 Å². The molecule has 0 radical (unpaired) electrons. The van der Waals surface area contributed by atoms with Gasteiger partial charge >= 0.3 is 0 Å². The van der Waals surface area contributed by atoms with Crippen LogP contribution in [0, 0.1) is 23.1 Å². The number of hydrogen-bond donors (Lipinski definition) is 3. The molecular weight excluding hydrogens is 449 g/mol. The fourth-order valence-electron chi connectivity index (χ4n) is 5.16. The summed E-state index contributed by atoms with van der Waals surface area (Å²) in [6.07, 6.45) is 1.86. The molecule has 0 aliphatic carbocycles. The minimum absolute atomic E-state index is 0.0906. The highest BCUT2D eigenvalue weighted by molar-refractivity contribution is 5.94. The second-order valence-corrected chi connectivity index (χ2v) is 9.62. The lowest BCUT2D eigenvalue weighted by molar-refractivity contribution is -0.149. The molecule has 1 heterocycles. The maximum absolute atomic E-state index is 13.7. The van der Waals surface area contributed by atoms with E-state index in [1.165, 1.54) is 18.2 Å². The van der Waals surface area contributed by atoms with Gasteiger partial charge in [0.25, 0.3) is 5.91 Å². The first-order chi connectivity index (χ1) is 16.8. The Balaban J connectivity index is 1.74. The van der Waals surface area contributed by atoms with Gasteiger partial charge in [0, 0.05) is 25.2 Å². The first-order valence-electron chi connectivity index (χ1n) is 12.1. The maximum Gasteiger partial charge on any atom is 0.251 e. The minimum Gasteiger partial charge on any atom is -0.352 e. The molecule has 0 spiro atoms. The van der Waals surface area contributed by atoms with Crippen LogP contribution < -0.4 is 10.8 Å². The summed E-state index contributed by atoms with van der Waals surface area (Å²) < 4.78 is 13.5. The lowest BCUT2D eigenvalue weighted by atomic mass is 9.67. The summed E-state index contributed by atoms with van der Waals surface area (Å²) in [5.41, 5.74) is 2.07. The van der Waals surface area contributed by atoms with E-state index in [1.54, 1.807) is 10.4 Å². The molecule has 188 valence electrons. The van der Waals surface area contributed by atoms with Crippen LogP contribution in [0.5, 0.6) is 0 Å². The minimum atomic E-state index is -0.971. The number of hydrogen-bond acceptors (Lipinski definition) is 4. The largest absolute Gasteiger partial charge is 0.352 e. The zero-order valence-corrected chi connectivity index (χ0v) is 20.3. The number of nitrogens with one attached hydrogen (secondary N) is 2. The predicted molar refractivity (Wildman–Crippen MR) is 130 cm³/mol. The molecule has 3 N–H and O–H groups in total. The van der Waals surface area contributed by atoms with E-state index in [9.17, 15) is 24.0 Å². The highest BCUT2D eigenvalue weighted by Gasteiger charge is 2.54. The Morgan fingerprint density at radius 2 is 1.89 bits per heavy atom. The number of carbonyl (C=O) groups is 3. The van der Waals surface area contributed by atoms with Gasteiger partial charge in [-0.05, 0) is 55.4 Å². The first kappa shape index (κ1) is 26.3. The van der Waals surface area contributed by atoms with E-state index in [0.717, 1.165) is 11.6 Å². The van der Waals surface area contributed by atoms with Gasteiger partial charge in [0.2, 0.25) is 11.8 Å². The zero-order chi connectivity index (χ0) is 25.4. The molecule has 35 heavy (non-hydrogen) atoms. The van der Waals surface area contributed by atoms with Crippen LogP contribution in [-0.4, -0.2) is 47.5 Å². The molecule has 2 atom stereocenters. The van der Waals surface area contributed by atoms with Gasteiger partial charge in [-0.25, -0.2) is 9.87 Å². The van der Waals surface area contributed by atoms with E-state index in [1.807, 2.05) is 44.2 Å². The average Bonchev–Trinajstić information content (AvgIpc) is 3.15. The molecule has 2 aromatic carbocycles. The fraction of sp³-hybridized carbons (Fsp3) is 0.444. The Hall–Kier alpha value is -3.26. The Kier molecular flexibility index (Phi) is 8.98. The number of nitrogens with zero attached hydrogens (tertiary/aromatic N) is 1. The van der Waals surface area contributed by atoms with Crippen molar-refractivity contribution in [1.29, 1.82) is 0 Å². The van der Waals surface area contributed by atoms with Gasteiger partial charge < -0.3 is 10.2 Å². The molecular formula is C27H34FN3O4. The molecule has 1 saturated heterocycles. The van der Waals surface area contributed by atoms with Crippen LogP contribution in [0.2, 0.25) is 0 Å². The van der Waals surface area contributed by atoms with Gasteiger partial charge in [0.05, 0.1) is 11.3 Å². The fourth-order valence-corrected chi connectivity index (χ4v) is 5.16. The Morgan fingerprint density at radius 1 is 1.14 bits per heavy atom. The van der Waals surface area contributed by atoms with Crippen LogP contribution in [0.1, 0.15) is 49.0 Å². The van der Waals surface area contributed by atoms with E-state index in [-0.39, 0.29) is 30.4 Å². The summed E-state index contributed by atoms with van der Waals surface area (Å²) in [4.78, 5) is 40.8. The molecule has 7 nitrogen and oxygen atoms in total. The quantitative estimate of drug-likeness (QED) is 0.336. The van der Waals surface area contributed by atoms with Crippen LogP contribution in [0.25, 0.3) is 0 Å². The summed E-state index contributed by atoms with van der Waals surface area (Å²) in [7, 11) is 0. The van der Waals surface area contributed by atoms with Crippen LogP contribution in [0.15, 0.2) is 54.6 Å². The SMILES string of the molecule is CC(C)CC1(C(CCNC(=O)c2cccc(F)c2)C(=O)NO)CCN(CCc2ccccc2)C1=O.